The van der Waals surface area contributed by atoms with Gasteiger partial charge in [0, 0.05) is 18.3 Å². The van der Waals surface area contributed by atoms with Gasteiger partial charge in [-0.2, -0.15) is 5.26 Å². The van der Waals surface area contributed by atoms with Crippen LogP contribution >= 0.6 is 0 Å². The van der Waals surface area contributed by atoms with Crippen molar-refractivity contribution in [2.45, 2.75) is 12.9 Å². The van der Waals surface area contributed by atoms with Crippen LogP contribution < -0.4 is 10.1 Å². The number of halogens is 3. The number of rotatable bonds is 4. The summed E-state index contributed by atoms with van der Waals surface area (Å²) in [7, 11) is 0. The van der Waals surface area contributed by atoms with E-state index in [0.29, 0.717) is 17.8 Å². The lowest BCUT2D eigenvalue weighted by Gasteiger charge is -2.11. The van der Waals surface area contributed by atoms with Gasteiger partial charge in [-0.1, -0.05) is 18.2 Å². The fourth-order valence-corrected chi connectivity index (χ4v) is 1.70. The molecule has 0 bridgehead atoms. The number of nitrogens with one attached hydrogen (secondary N) is 1. The molecule has 0 heterocycles. The molecule has 2 rings (SSSR count). The molecule has 0 radical (unpaired) electrons. The van der Waals surface area contributed by atoms with Crippen LogP contribution in [0.15, 0.2) is 48.5 Å². The predicted molar refractivity (Wildman–Crippen MR) is 71.6 cm³/mol. The summed E-state index contributed by atoms with van der Waals surface area (Å²) < 4.78 is 40.2. The van der Waals surface area contributed by atoms with Crippen LogP contribution in [-0.2, 0) is 6.54 Å². The fourth-order valence-electron chi connectivity index (χ4n) is 1.70. The molecule has 0 saturated carbocycles. The molecule has 1 N–H and O–H groups in total. The standard InChI is InChI=1S/C15H11F3N2O/c16-15(17,18)21-14-3-1-2-13(8-14)20-10-12-6-4-11(9-19)5-7-12/h1-8,20H,10H2. The third-order valence-electron chi connectivity index (χ3n) is 2.65. The topological polar surface area (TPSA) is 45.0 Å². The van der Waals surface area contributed by atoms with Crippen molar-refractivity contribution in [1.82, 2.24) is 0 Å². The van der Waals surface area contributed by atoms with Crippen LogP contribution in [0.5, 0.6) is 5.75 Å². The molecule has 3 nitrogen and oxygen atoms in total. The summed E-state index contributed by atoms with van der Waals surface area (Å²) in [5.41, 5.74) is 1.98. The molecule has 0 amide bonds. The van der Waals surface area contributed by atoms with Crippen LogP contribution in [0.4, 0.5) is 18.9 Å². The van der Waals surface area contributed by atoms with Gasteiger partial charge in [0.1, 0.15) is 5.75 Å². The summed E-state index contributed by atoms with van der Waals surface area (Å²) >= 11 is 0. The average molecular weight is 292 g/mol. The van der Waals surface area contributed by atoms with Crippen LogP contribution in [0.3, 0.4) is 0 Å². The molecule has 108 valence electrons. The highest BCUT2D eigenvalue weighted by Gasteiger charge is 2.31. The second kappa shape index (κ2) is 6.18. The lowest BCUT2D eigenvalue weighted by atomic mass is 10.1. The van der Waals surface area contributed by atoms with E-state index in [-0.39, 0.29) is 5.75 Å². The number of hydrogen-bond donors (Lipinski definition) is 1. The molecule has 0 unspecified atom stereocenters. The SMILES string of the molecule is N#Cc1ccc(CNc2cccc(OC(F)(F)F)c2)cc1. The zero-order chi connectivity index (χ0) is 15.3. The molecule has 0 saturated heterocycles. The number of nitriles is 1. The first kappa shape index (κ1) is 14.7. The molecular formula is C15H11F3N2O. The molecule has 0 spiro atoms. The molecule has 6 heteroatoms. The van der Waals surface area contributed by atoms with E-state index >= 15 is 0 Å². The van der Waals surface area contributed by atoms with E-state index in [4.69, 9.17) is 5.26 Å². The van der Waals surface area contributed by atoms with Gasteiger partial charge in [-0.15, -0.1) is 13.2 Å². The molecule has 0 aliphatic carbocycles. The van der Waals surface area contributed by atoms with Gasteiger partial charge in [-0.3, -0.25) is 0 Å². The molecule has 0 aromatic heterocycles. The van der Waals surface area contributed by atoms with Crippen LogP contribution in [0, 0.1) is 11.3 Å². The van der Waals surface area contributed by atoms with Gasteiger partial charge >= 0.3 is 6.36 Å². The minimum absolute atomic E-state index is 0.271. The van der Waals surface area contributed by atoms with Crippen LogP contribution in [-0.4, -0.2) is 6.36 Å². The van der Waals surface area contributed by atoms with E-state index in [1.807, 2.05) is 6.07 Å². The van der Waals surface area contributed by atoms with E-state index < -0.39 is 6.36 Å². The van der Waals surface area contributed by atoms with Crippen molar-refractivity contribution in [3.05, 3.63) is 59.7 Å². The van der Waals surface area contributed by atoms with Crippen molar-refractivity contribution >= 4 is 5.69 Å². The lowest BCUT2D eigenvalue weighted by Crippen LogP contribution is -2.17. The predicted octanol–water partition coefficient (Wildman–Crippen LogP) is 4.07. The number of anilines is 1. The largest absolute Gasteiger partial charge is 0.573 e. The summed E-state index contributed by atoms with van der Waals surface area (Å²) in [6, 6.07) is 14.6. The van der Waals surface area contributed by atoms with E-state index in [1.165, 1.54) is 18.2 Å². The van der Waals surface area contributed by atoms with Gasteiger partial charge in [-0.05, 0) is 29.8 Å². The Labute approximate surface area is 119 Å². The first-order valence-corrected chi connectivity index (χ1v) is 6.05. The minimum atomic E-state index is -4.70. The molecule has 0 aliphatic rings. The normalized spacial score (nSPS) is 10.8. The second-order valence-corrected chi connectivity index (χ2v) is 4.24. The van der Waals surface area contributed by atoms with Gasteiger partial charge < -0.3 is 10.1 Å². The fraction of sp³-hybridized carbons (Fsp3) is 0.133. The lowest BCUT2D eigenvalue weighted by molar-refractivity contribution is -0.274. The smallest absolute Gasteiger partial charge is 0.406 e. The maximum Gasteiger partial charge on any atom is 0.573 e. The van der Waals surface area contributed by atoms with Gasteiger partial charge in [-0.25, -0.2) is 0 Å². The number of benzene rings is 2. The Hall–Kier alpha value is -2.68. The van der Waals surface area contributed by atoms with Crippen LogP contribution in [0.25, 0.3) is 0 Å². The minimum Gasteiger partial charge on any atom is -0.406 e. The molecule has 0 atom stereocenters. The van der Waals surface area contributed by atoms with Crippen molar-refractivity contribution in [2.24, 2.45) is 0 Å². The zero-order valence-electron chi connectivity index (χ0n) is 10.8. The number of hydrogen-bond acceptors (Lipinski definition) is 3. The van der Waals surface area contributed by atoms with Crippen molar-refractivity contribution in [1.29, 1.82) is 5.26 Å². The molecular weight excluding hydrogens is 281 g/mol. The van der Waals surface area contributed by atoms with Gasteiger partial charge in [0.25, 0.3) is 0 Å². The number of ether oxygens (including phenoxy) is 1. The second-order valence-electron chi connectivity index (χ2n) is 4.24. The maximum absolute atomic E-state index is 12.1. The highest BCUT2D eigenvalue weighted by Crippen LogP contribution is 2.25. The van der Waals surface area contributed by atoms with Crippen molar-refractivity contribution < 1.29 is 17.9 Å². The van der Waals surface area contributed by atoms with Gasteiger partial charge in [0.15, 0.2) is 0 Å². The highest BCUT2D eigenvalue weighted by atomic mass is 19.4. The Morgan fingerprint density at radius 1 is 1.10 bits per heavy atom. The van der Waals surface area contributed by atoms with E-state index in [2.05, 4.69) is 10.1 Å². The van der Waals surface area contributed by atoms with Crippen LogP contribution in [0.1, 0.15) is 11.1 Å². The van der Waals surface area contributed by atoms with Gasteiger partial charge in [0.05, 0.1) is 11.6 Å². The van der Waals surface area contributed by atoms with E-state index in [1.54, 1.807) is 30.3 Å². The average Bonchev–Trinajstić information content (AvgIpc) is 2.44. The highest BCUT2D eigenvalue weighted by molar-refractivity contribution is 5.48. The Bertz CT molecular complexity index is 645. The summed E-state index contributed by atoms with van der Waals surface area (Å²) in [5.74, 6) is -0.271. The Kier molecular flexibility index (Phi) is 4.33. The molecule has 0 fully saturated rings. The van der Waals surface area contributed by atoms with E-state index in [9.17, 15) is 13.2 Å². The quantitative estimate of drug-likeness (QED) is 0.924. The van der Waals surface area contributed by atoms with E-state index in [0.717, 1.165) is 5.56 Å². The summed E-state index contributed by atoms with van der Waals surface area (Å²) in [5, 5.41) is 11.7. The monoisotopic (exact) mass is 292 g/mol. The van der Waals surface area contributed by atoms with Crippen molar-refractivity contribution in [3.8, 4) is 11.8 Å². The third kappa shape index (κ3) is 4.73. The van der Waals surface area contributed by atoms with Crippen molar-refractivity contribution in [2.75, 3.05) is 5.32 Å². The van der Waals surface area contributed by atoms with Crippen LogP contribution in [0.2, 0.25) is 0 Å². The molecule has 2 aromatic rings. The third-order valence-corrected chi connectivity index (χ3v) is 2.65. The Morgan fingerprint density at radius 3 is 2.43 bits per heavy atom. The number of alkyl halides is 3. The molecule has 2 aromatic carbocycles. The van der Waals surface area contributed by atoms with Crippen molar-refractivity contribution in [3.63, 3.8) is 0 Å². The number of nitrogens with zero attached hydrogens (tertiary/aromatic N) is 1. The Balaban J connectivity index is 1.99. The van der Waals surface area contributed by atoms with Gasteiger partial charge in [0.2, 0.25) is 0 Å². The Morgan fingerprint density at radius 2 is 1.81 bits per heavy atom. The summed E-state index contributed by atoms with van der Waals surface area (Å²) in [6.45, 7) is 0.432. The first-order chi connectivity index (χ1) is 9.96. The maximum atomic E-state index is 12.1. The zero-order valence-corrected chi connectivity index (χ0v) is 10.8. The molecule has 0 aliphatic heterocycles. The summed E-state index contributed by atoms with van der Waals surface area (Å²) in [6.07, 6.45) is -4.70. The molecule has 21 heavy (non-hydrogen) atoms. The first-order valence-electron chi connectivity index (χ1n) is 6.05. The summed E-state index contributed by atoms with van der Waals surface area (Å²) in [4.78, 5) is 0.